The van der Waals surface area contributed by atoms with Crippen molar-refractivity contribution in [2.45, 2.75) is 24.0 Å². The van der Waals surface area contributed by atoms with Gasteiger partial charge >= 0.3 is 5.97 Å². The molecule has 0 saturated heterocycles. The molecule has 0 aliphatic heterocycles. The number of hydrogen-bond donors (Lipinski definition) is 3. The van der Waals surface area contributed by atoms with Gasteiger partial charge in [0, 0.05) is 0 Å². The Balaban J connectivity index is 3.00. The molecule has 0 aliphatic rings. The average molecular weight is 385 g/mol. The van der Waals surface area contributed by atoms with Crippen molar-refractivity contribution >= 4 is 45.1 Å². The van der Waals surface area contributed by atoms with Crippen molar-refractivity contribution in [1.82, 2.24) is 4.72 Å². The lowest BCUT2D eigenvalue weighted by atomic mass is 10.2. The number of ether oxygens (including phenoxy) is 1. The van der Waals surface area contributed by atoms with E-state index in [9.17, 15) is 23.1 Å². The molecule has 1 rings (SSSR count). The van der Waals surface area contributed by atoms with Gasteiger partial charge in [0.15, 0.2) is 6.61 Å². The monoisotopic (exact) mass is 384 g/mol. The molecule has 0 radical (unpaired) electrons. The molecule has 0 unspecified atom stereocenters. The molecule has 23 heavy (non-hydrogen) atoms. The zero-order valence-electron chi connectivity index (χ0n) is 11.8. The number of sulfonamides is 1. The van der Waals surface area contributed by atoms with Crippen molar-refractivity contribution in [2.24, 2.45) is 5.73 Å². The maximum atomic E-state index is 12.2. The van der Waals surface area contributed by atoms with E-state index in [1.807, 2.05) is 4.72 Å². The Hall–Kier alpha value is -1.39. The minimum absolute atomic E-state index is 0.000515. The summed E-state index contributed by atoms with van der Waals surface area (Å²) in [6.07, 6.45) is -1.42. The summed E-state index contributed by atoms with van der Waals surface area (Å²) in [6, 6.07) is 1.89. The van der Waals surface area contributed by atoms with Gasteiger partial charge in [0.2, 0.25) is 10.0 Å². The molecule has 128 valence electrons. The van der Waals surface area contributed by atoms with E-state index in [2.05, 4.69) is 4.74 Å². The third-order valence-electron chi connectivity index (χ3n) is 2.58. The van der Waals surface area contributed by atoms with E-state index in [1.165, 1.54) is 19.1 Å². The van der Waals surface area contributed by atoms with Gasteiger partial charge < -0.3 is 15.6 Å². The second-order valence-electron chi connectivity index (χ2n) is 4.49. The first kappa shape index (κ1) is 19.7. The van der Waals surface area contributed by atoms with Crippen molar-refractivity contribution in [3.63, 3.8) is 0 Å². The second-order valence-corrected chi connectivity index (χ2v) is 7.02. The first-order chi connectivity index (χ1) is 10.5. The minimum atomic E-state index is -4.20. The number of halogens is 2. The maximum Gasteiger partial charge on any atom is 0.327 e. The molecule has 2 atom stereocenters. The average Bonchev–Trinajstić information content (AvgIpc) is 2.44. The predicted octanol–water partition coefficient (Wildman–Crippen LogP) is 0.0496. The highest BCUT2D eigenvalue weighted by atomic mass is 35.5. The van der Waals surface area contributed by atoms with Crippen LogP contribution in [0.5, 0.6) is 0 Å². The third-order valence-corrected chi connectivity index (χ3v) is 4.75. The van der Waals surface area contributed by atoms with Gasteiger partial charge in [-0.2, -0.15) is 4.72 Å². The van der Waals surface area contributed by atoms with E-state index in [1.54, 1.807) is 0 Å². The number of nitrogens with two attached hydrogens (primary N) is 1. The van der Waals surface area contributed by atoms with Crippen LogP contribution < -0.4 is 10.5 Å². The number of amides is 1. The van der Waals surface area contributed by atoms with Crippen LogP contribution >= 0.6 is 23.2 Å². The number of rotatable bonds is 7. The number of nitrogens with one attached hydrogen (secondary N) is 1. The van der Waals surface area contributed by atoms with Crippen LogP contribution in [-0.4, -0.2) is 44.2 Å². The first-order valence-electron chi connectivity index (χ1n) is 6.15. The van der Waals surface area contributed by atoms with Crippen molar-refractivity contribution in [3.8, 4) is 0 Å². The van der Waals surface area contributed by atoms with Crippen LogP contribution in [0.3, 0.4) is 0 Å². The van der Waals surface area contributed by atoms with Gasteiger partial charge in [0.1, 0.15) is 6.04 Å². The third kappa shape index (κ3) is 5.63. The SMILES string of the molecule is C[C@H](O)[C@H](NS(=O)(=O)c1ccc(Cl)c(Cl)c1)C(=O)OCC(N)=O. The fraction of sp³-hybridized carbons (Fsp3) is 0.333. The molecule has 0 aromatic heterocycles. The largest absolute Gasteiger partial charge is 0.454 e. The van der Waals surface area contributed by atoms with Crippen LogP contribution in [0.25, 0.3) is 0 Å². The fourth-order valence-corrected chi connectivity index (χ4v) is 3.10. The molecule has 0 spiro atoms. The highest BCUT2D eigenvalue weighted by Gasteiger charge is 2.31. The molecule has 1 aromatic carbocycles. The van der Waals surface area contributed by atoms with E-state index in [4.69, 9.17) is 28.9 Å². The lowest BCUT2D eigenvalue weighted by Gasteiger charge is -2.19. The zero-order valence-corrected chi connectivity index (χ0v) is 14.2. The number of carbonyl (C=O) groups is 2. The molecule has 4 N–H and O–H groups in total. The lowest BCUT2D eigenvalue weighted by molar-refractivity contribution is -0.151. The summed E-state index contributed by atoms with van der Waals surface area (Å²) < 4.78 is 30.9. The Morgan fingerprint density at radius 3 is 2.43 bits per heavy atom. The summed E-state index contributed by atoms with van der Waals surface area (Å²) >= 11 is 11.5. The smallest absolute Gasteiger partial charge is 0.327 e. The van der Waals surface area contributed by atoms with Crippen LogP contribution in [0.15, 0.2) is 23.1 Å². The van der Waals surface area contributed by atoms with Gasteiger partial charge in [0.05, 0.1) is 21.0 Å². The van der Waals surface area contributed by atoms with Gasteiger partial charge in [-0.05, 0) is 25.1 Å². The Morgan fingerprint density at radius 2 is 1.96 bits per heavy atom. The molecule has 0 bridgehead atoms. The topological polar surface area (TPSA) is 136 Å². The molecular weight excluding hydrogens is 371 g/mol. The number of carbonyl (C=O) groups excluding carboxylic acids is 2. The standard InChI is InChI=1S/C12H14Cl2N2O6S/c1-6(17)11(12(19)22-5-10(15)18)16-23(20,21)7-2-3-8(13)9(14)4-7/h2-4,6,11,16-17H,5H2,1H3,(H2,15,18)/t6-,11-/m0/s1. The highest BCUT2D eigenvalue weighted by molar-refractivity contribution is 7.89. The molecule has 1 aromatic rings. The van der Waals surface area contributed by atoms with Crippen LogP contribution in [0.4, 0.5) is 0 Å². The zero-order chi connectivity index (χ0) is 17.8. The summed E-state index contributed by atoms with van der Waals surface area (Å²) in [5, 5.41) is 9.72. The first-order valence-corrected chi connectivity index (χ1v) is 8.39. The predicted molar refractivity (Wildman–Crippen MR) is 82.4 cm³/mol. The van der Waals surface area contributed by atoms with E-state index in [0.717, 1.165) is 6.07 Å². The minimum Gasteiger partial charge on any atom is -0.454 e. The molecule has 0 saturated carbocycles. The summed E-state index contributed by atoms with van der Waals surface area (Å²) in [5.74, 6) is -2.07. The van der Waals surface area contributed by atoms with E-state index in [-0.39, 0.29) is 14.9 Å². The van der Waals surface area contributed by atoms with Gasteiger partial charge in [-0.25, -0.2) is 8.42 Å². The summed E-state index contributed by atoms with van der Waals surface area (Å²) in [5.41, 5.74) is 4.82. The van der Waals surface area contributed by atoms with E-state index in [0.29, 0.717) is 0 Å². The molecule has 8 nitrogen and oxygen atoms in total. The van der Waals surface area contributed by atoms with Crippen LogP contribution in [0.2, 0.25) is 10.0 Å². The van der Waals surface area contributed by atoms with E-state index >= 15 is 0 Å². The van der Waals surface area contributed by atoms with Gasteiger partial charge in [-0.1, -0.05) is 23.2 Å². The Kier molecular flexibility index (Phi) is 6.78. The summed E-state index contributed by atoms with van der Waals surface area (Å²) in [6.45, 7) is 0.435. The Bertz CT molecular complexity index is 708. The maximum absolute atomic E-state index is 12.2. The summed E-state index contributed by atoms with van der Waals surface area (Å²) in [7, 11) is -4.20. The van der Waals surface area contributed by atoms with Gasteiger partial charge in [-0.15, -0.1) is 0 Å². The number of aliphatic hydroxyl groups is 1. The molecule has 11 heteroatoms. The molecule has 1 amide bonds. The number of benzene rings is 1. The highest BCUT2D eigenvalue weighted by Crippen LogP contribution is 2.25. The number of primary amides is 1. The van der Waals surface area contributed by atoms with Crippen molar-refractivity contribution in [3.05, 3.63) is 28.2 Å². The van der Waals surface area contributed by atoms with Crippen LogP contribution in [0, 0.1) is 0 Å². The van der Waals surface area contributed by atoms with Crippen molar-refractivity contribution in [2.75, 3.05) is 6.61 Å². The van der Waals surface area contributed by atoms with Crippen LogP contribution in [-0.2, 0) is 24.3 Å². The summed E-state index contributed by atoms with van der Waals surface area (Å²) in [4.78, 5) is 22.1. The number of aliphatic hydroxyl groups excluding tert-OH is 1. The van der Waals surface area contributed by atoms with E-state index < -0.39 is 40.7 Å². The molecule has 0 aliphatic carbocycles. The normalized spacial score (nSPS) is 14.1. The Labute approximate surface area is 142 Å². The van der Waals surface area contributed by atoms with Crippen molar-refractivity contribution < 1.29 is 27.9 Å². The van der Waals surface area contributed by atoms with Crippen molar-refractivity contribution in [1.29, 1.82) is 0 Å². The number of esters is 1. The quantitative estimate of drug-likeness (QED) is 0.568. The lowest BCUT2D eigenvalue weighted by Crippen LogP contribution is -2.48. The van der Waals surface area contributed by atoms with Gasteiger partial charge in [0.25, 0.3) is 5.91 Å². The Morgan fingerprint density at radius 1 is 1.35 bits per heavy atom. The molecule has 0 heterocycles. The number of hydrogen-bond acceptors (Lipinski definition) is 6. The van der Waals surface area contributed by atoms with Gasteiger partial charge in [-0.3, -0.25) is 9.59 Å². The second kappa shape index (κ2) is 7.93. The molecule has 0 fully saturated rings. The fourth-order valence-electron chi connectivity index (χ4n) is 1.45. The molecular formula is C12H14Cl2N2O6S. The van der Waals surface area contributed by atoms with Crippen LogP contribution in [0.1, 0.15) is 6.92 Å².